The minimum atomic E-state index is 0.991. The highest BCUT2D eigenvalue weighted by Crippen LogP contribution is 2.20. The van der Waals surface area contributed by atoms with Gasteiger partial charge in [0.1, 0.15) is 0 Å². The Morgan fingerprint density at radius 1 is 1.42 bits per heavy atom. The summed E-state index contributed by atoms with van der Waals surface area (Å²) in [5.74, 6) is 0. The molecule has 0 saturated heterocycles. The molecule has 1 nitrogen and oxygen atoms in total. The van der Waals surface area contributed by atoms with Gasteiger partial charge >= 0.3 is 0 Å². The van der Waals surface area contributed by atoms with Crippen LogP contribution in [0.15, 0.2) is 30.9 Å². The van der Waals surface area contributed by atoms with Gasteiger partial charge in [-0.05, 0) is 23.1 Å². The minimum absolute atomic E-state index is 0.991. The van der Waals surface area contributed by atoms with Gasteiger partial charge in [-0.15, -0.1) is 6.58 Å². The Hall–Kier alpha value is -1.08. The summed E-state index contributed by atoms with van der Waals surface area (Å²) in [7, 11) is 0. The van der Waals surface area contributed by atoms with Crippen molar-refractivity contribution in [1.29, 1.82) is 0 Å². The summed E-state index contributed by atoms with van der Waals surface area (Å²) < 4.78 is 0. The lowest BCUT2D eigenvalue weighted by atomic mass is 10.0. The van der Waals surface area contributed by atoms with Crippen molar-refractivity contribution in [2.24, 2.45) is 0 Å². The van der Waals surface area contributed by atoms with Crippen LogP contribution in [0.2, 0.25) is 0 Å². The summed E-state index contributed by atoms with van der Waals surface area (Å²) in [6.07, 6.45) is 2.96. The molecule has 1 aliphatic heterocycles. The maximum atomic E-state index is 3.76. The zero-order valence-electron chi connectivity index (χ0n) is 7.14. The fourth-order valence-electron chi connectivity index (χ4n) is 1.75. The first-order chi connectivity index (χ1) is 5.92. The molecule has 12 heavy (non-hydrogen) atoms. The zero-order valence-corrected chi connectivity index (χ0v) is 7.14. The van der Waals surface area contributed by atoms with Crippen molar-refractivity contribution in [3.63, 3.8) is 0 Å². The molecule has 0 unspecified atom stereocenters. The lowest BCUT2D eigenvalue weighted by Crippen LogP contribution is -2.00. The average Bonchev–Trinajstić information content (AvgIpc) is 2.53. The Morgan fingerprint density at radius 2 is 2.33 bits per heavy atom. The molecule has 62 valence electrons. The van der Waals surface area contributed by atoms with E-state index >= 15 is 0 Å². The molecular formula is C11H13N. The quantitative estimate of drug-likeness (QED) is 0.651. The monoisotopic (exact) mass is 159 g/mol. The van der Waals surface area contributed by atoms with E-state index in [-0.39, 0.29) is 0 Å². The molecule has 0 bridgehead atoms. The highest BCUT2D eigenvalue weighted by Gasteiger charge is 2.11. The second-order valence-corrected chi connectivity index (χ2v) is 3.15. The highest BCUT2D eigenvalue weighted by molar-refractivity contribution is 5.38. The fraction of sp³-hybridized carbons (Fsp3) is 0.273. The fourth-order valence-corrected chi connectivity index (χ4v) is 1.75. The second kappa shape index (κ2) is 3.11. The van der Waals surface area contributed by atoms with Gasteiger partial charge in [0.05, 0.1) is 0 Å². The molecule has 1 N–H and O–H groups in total. The van der Waals surface area contributed by atoms with Gasteiger partial charge in [-0.25, -0.2) is 0 Å². The average molecular weight is 159 g/mol. The molecule has 0 fully saturated rings. The number of fused-ring (bicyclic) bond motifs is 1. The number of hydrogen-bond acceptors (Lipinski definition) is 1. The van der Waals surface area contributed by atoms with E-state index in [9.17, 15) is 0 Å². The third-order valence-electron chi connectivity index (χ3n) is 2.35. The first kappa shape index (κ1) is 7.56. The summed E-state index contributed by atoms with van der Waals surface area (Å²) in [5, 5.41) is 3.35. The van der Waals surface area contributed by atoms with Crippen molar-refractivity contribution < 1.29 is 0 Å². The minimum Gasteiger partial charge on any atom is -0.309 e. The maximum Gasteiger partial charge on any atom is 0.0214 e. The van der Waals surface area contributed by atoms with Crippen LogP contribution in [0.5, 0.6) is 0 Å². The molecule has 1 aromatic rings. The highest BCUT2D eigenvalue weighted by atomic mass is 14.9. The van der Waals surface area contributed by atoms with Crippen LogP contribution in [0, 0.1) is 0 Å². The van der Waals surface area contributed by atoms with Crippen molar-refractivity contribution in [2.75, 3.05) is 0 Å². The van der Waals surface area contributed by atoms with E-state index in [1.54, 1.807) is 0 Å². The summed E-state index contributed by atoms with van der Waals surface area (Å²) in [4.78, 5) is 0. The number of benzene rings is 1. The molecule has 0 spiro atoms. The molecule has 1 aliphatic rings. The van der Waals surface area contributed by atoms with Gasteiger partial charge in [-0.2, -0.15) is 0 Å². The van der Waals surface area contributed by atoms with Crippen molar-refractivity contribution >= 4 is 0 Å². The van der Waals surface area contributed by atoms with E-state index in [1.807, 2.05) is 6.08 Å². The lowest BCUT2D eigenvalue weighted by Gasteiger charge is -2.03. The largest absolute Gasteiger partial charge is 0.309 e. The topological polar surface area (TPSA) is 12.0 Å². The predicted octanol–water partition coefficient (Wildman–Crippen LogP) is 2.02. The van der Waals surface area contributed by atoms with E-state index in [0.29, 0.717) is 0 Å². The van der Waals surface area contributed by atoms with Gasteiger partial charge in [-0.3, -0.25) is 0 Å². The predicted molar refractivity (Wildman–Crippen MR) is 50.9 cm³/mol. The van der Waals surface area contributed by atoms with Crippen LogP contribution in [-0.2, 0) is 19.5 Å². The number of hydrogen-bond donors (Lipinski definition) is 1. The smallest absolute Gasteiger partial charge is 0.0214 e. The molecule has 0 radical (unpaired) electrons. The molecule has 2 rings (SSSR count). The van der Waals surface area contributed by atoms with Crippen LogP contribution in [0.25, 0.3) is 0 Å². The van der Waals surface area contributed by atoms with E-state index in [2.05, 4.69) is 30.1 Å². The molecule has 0 aromatic heterocycles. The Morgan fingerprint density at radius 3 is 3.17 bits per heavy atom. The molecule has 0 saturated carbocycles. The maximum absolute atomic E-state index is 3.76. The van der Waals surface area contributed by atoms with Gasteiger partial charge in [0.25, 0.3) is 0 Å². The standard InChI is InChI=1S/C11H13N/c1-2-4-9-5-3-6-10-7-12-8-11(9)10/h2-3,5-6,12H,1,4,7-8H2. The van der Waals surface area contributed by atoms with E-state index in [0.717, 1.165) is 19.5 Å². The van der Waals surface area contributed by atoms with Crippen molar-refractivity contribution in [1.82, 2.24) is 5.32 Å². The molecule has 1 heterocycles. The third-order valence-corrected chi connectivity index (χ3v) is 2.35. The summed E-state index contributed by atoms with van der Waals surface area (Å²) in [6.45, 7) is 5.82. The Labute approximate surface area is 73.1 Å². The van der Waals surface area contributed by atoms with Crippen molar-refractivity contribution in [3.05, 3.63) is 47.5 Å². The molecule has 0 amide bonds. The number of rotatable bonds is 2. The Bertz CT molecular complexity index is 302. The van der Waals surface area contributed by atoms with Crippen molar-refractivity contribution in [2.45, 2.75) is 19.5 Å². The van der Waals surface area contributed by atoms with Crippen LogP contribution in [0.3, 0.4) is 0 Å². The van der Waals surface area contributed by atoms with E-state index in [4.69, 9.17) is 0 Å². The first-order valence-corrected chi connectivity index (χ1v) is 4.33. The van der Waals surface area contributed by atoms with Crippen molar-refractivity contribution in [3.8, 4) is 0 Å². The summed E-state index contributed by atoms with van der Waals surface area (Å²) in [6, 6.07) is 6.51. The molecule has 1 heteroatoms. The van der Waals surface area contributed by atoms with Gasteiger partial charge in [0.2, 0.25) is 0 Å². The van der Waals surface area contributed by atoms with E-state index in [1.165, 1.54) is 16.7 Å². The normalized spacial score (nSPS) is 14.3. The molecule has 0 atom stereocenters. The first-order valence-electron chi connectivity index (χ1n) is 4.33. The number of allylic oxidation sites excluding steroid dienone is 1. The second-order valence-electron chi connectivity index (χ2n) is 3.15. The van der Waals surface area contributed by atoms with Crippen LogP contribution >= 0.6 is 0 Å². The lowest BCUT2D eigenvalue weighted by molar-refractivity contribution is 0.762. The summed E-state index contributed by atoms with van der Waals surface area (Å²) >= 11 is 0. The third kappa shape index (κ3) is 1.16. The van der Waals surface area contributed by atoms with Gasteiger partial charge in [0, 0.05) is 13.1 Å². The number of nitrogens with one attached hydrogen (secondary N) is 1. The molecular weight excluding hydrogens is 146 g/mol. The van der Waals surface area contributed by atoms with Gasteiger partial charge < -0.3 is 5.32 Å². The molecule has 0 aliphatic carbocycles. The van der Waals surface area contributed by atoms with Gasteiger partial charge in [0.15, 0.2) is 0 Å². The molecule has 1 aromatic carbocycles. The summed E-state index contributed by atoms with van der Waals surface area (Å²) in [5.41, 5.74) is 4.36. The van der Waals surface area contributed by atoms with Gasteiger partial charge in [-0.1, -0.05) is 24.3 Å². The zero-order chi connectivity index (χ0) is 8.39. The van der Waals surface area contributed by atoms with Crippen LogP contribution in [-0.4, -0.2) is 0 Å². The van der Waals surface area contributed by atoms with Crippen LogP contribution in [0.4, 0.5) is 0 Å². The SMILES string of the molecule is C=CCc1cccc2c1CNC2. The van der Waals surface area contributed by atoms with E-state index < -0.39 is 0 Å². The van der Waals surface area contributed by atoms with Crippen LogP contribution < -0.4 is 5.32 Å². The Kier molecular flexibility index (Phi) is 1.96. The Balaban J connectivity index is 2.42. The van der Waals surface area contributed by atoms with Crippen LogP contribution in [0.1, 0.15) is 16.7 Å².